The molecular weight excluding hydrogens is 298 g/mol. The molecule has 3 heterocycles. The molecule has 1 saturated heterocycles. The lowest BCUT2D eigenvalue weighted by atomic mass is 9.93. The fourth-order valence-electron chi connectivity index (χ4n) is 3.77. The minimum absolute atomic E-state index is 0.575. The van der Waals surface area contributed by atoms with Crippen LogP contribution in [0.15, 0.2) is 42.9 Å². The van der Waals surface area contributed by atoms with Crippen LogP contribution in [0.1, 0.15) is 24.1 Å². The van der Waals surface area contributed by atoms with E-state index in [-0.39, 0.29) is 0 Å². The minimum atomic E-state index is 0.575. The van der Waals surface area contributed by atoms with Crippen molar-refractivity contribution in [1.82, 2.24) is 19.9 Å². The van der Waals surface area contributed by atoms with Crippen LogP contribution in [-0.2, 0) is 13.0 Å². The number of rotatable bonds is 4. The third-order valence-corrected chi connectivity index (χ3v) is 4.96. The summed E-state index contributed by atoms with van der Waals surface area (Å²) in [4.78, 5) is 14.5. The summed E-state index contributed by atoms with van der Waals surface area (Å²) in [6.45, 7) is 3.25. The van der Waals surface area contributed by atoms with Gasteiger partial charge in [0, 0.05) is 42.6 Å². The molecule has 3 aromatic rings. The lowest BCUT2D eigenvalue weighted by Gasteiger charge is -2.32. The van der Waals surface area contributed by atoms with E-state index in [0.717, 1.165) is 31.7 Å². The van der Waals surface area contributed by atoms with Crippen molar-refractivity contribution in [2.45, 2.75) is 25.8 Å². The number of aromatic amines is 1. The van der Waals surface area contributed by atoms with E-state index in [9.17, 15) is 0 Å². The van der Waals surface area contributed by atoms with Gasteiger partial charge in [-0.3, -0.25) is 9.88 Å². The van der Waals surface area contributed by atoms with Crippen LogP contribution >= 0.6 is 0 Å². The second-order valence-electron chi connectivity index (χ2n) is 6.70. The summed E-state index contributed by atoms with van der Waals surface area (Å²) in [7, 11) is 0. The quantitative estimate of drug-likeness (QED) is 0.775. The summed E-state index contributed by atoms with van der Waals surface area (Å²) >= 11 is 0. The van der Waals surface area contributed by atoms with E-state index in [1.807, 2.05) is 0 Å². The summed E-state index contributed by atoms with van der Waals surface area (Å²) in [6.07, 6.45) is 8.92. The number of nitrogens with zero attached hydrogens (tertiary/aromatic N) is 3. The van der Waals surface area contributed by atoms with Gasteiger partial charge in [-0.2, -0.15) is 0 Å². The minimum Gasteiger partial charge on any atom is -0.382 e. The predicted molar refractivity (Wildman–Crippen MR) is 96.4 cm³/mol. The number of piperidine rings is 1. The number of nitrogen functional groups attached to an aromatic ring is 1. The zero-order valence-corrected chi connectivity index (χ0v) is 13.8. The zero-order valence-electron chi connectivity index (χ0n) is 13.8. The molecule has 1 unspecified atom stereocenters. The van der Waals surface area contributed by atoms with Crippen molar-refractivity contribution in [3.05, 3.63) is 54.1 Å². The van der Waals surface area contributed by atoms with Crippen LogP contribution in [0.4, 0.5) is 5.82 Å². The first-order chi connectivity index (χ1) is 11.8. The number of hydrogen-bond acceptors (Lipinski definition) is 4. The van der Waals surface area contributed by atoms with Gasteiger partial charge in [-0.05, 0) is 43.4 Å². The van der Waals surface area contributed by atoms with Gasteiger partial charge in [0.25, 0.3) is 0 Å². The Hall–Kier alpha value is -2.40. The molecule has 1 aromatic carbocycles. The zero-order chi connectivity index (χ0) is 16.4. The van der Waals surface area contributed by atoms with Crippen LogP contribution in [0.3, 0.4) is 0 Å². The molecule has 5 heteroatoms. The van der Waals surface area contributed by atoms with Crippen LogP contribution in [0, 0.1) is 5.92 Å². The number of H-pyrrole nitrogens is 1. The third kappa shape index (κ3) is 3.12. The first-order valence-corrected chi connectivity index (χ1v) is 8.62. The van der Waals surface area contributed by atoms with Gasteiger partial charge >= 0.3 is 0 Å². The normalized spacial score (nSPS) is 18.9. The van der Waals surface area contributed by atoms with E-state index in [1.165, 1.54) is 29.3 Å². The number of anilines is 1. The van der Waals surface area contributed by atoms with Crippen molar-refractivity contribution in [2.24, 2.45) is 5.92 Å². The monoisotopic (exact) mass is 321 g/mol. The van der Waals surface area contributed by atoms with Crippen LogP contribution in [0.2, 0.25) is 0 Å². The fraction of sp³-hybridized carbons (Fsp3) is 0.368. The SMILES string of the molecule is Nc1nccnc1CC1CCCN(Cc2c[nH]c3ccccc23)C1. The van der Waals surface area contributed by atoms with Gasteiger partial charge in [0.15, 0.2) is 0 Å². The maximum Gasteiger partial charge on any atom is 0.145 e. The van der Waals surface area contributed by atoms with Crippen LogP contribution < -0.4 is 5.73 Å². The first kappa shape index (κ1) is 15.1. The van der Waals surface area contributed by atoms with Gasteiger partial charge in [-0.15, -0.1) is 0 Å². The number of hydrogen-bond donors (Lipinski definition) is 2. The Balaban J connectivity index is 1.44. The summed E-state index contributed by atoms with van der Waals surface area (Å²) in [5.41, 5.74) is 9.49. The second kappa shape index (κ2) is 6.61. The largest absolute Gasteiger partial charge is 0.382 e. The molecule has 0 amide bonds. The van der Waals surface area contributed by atoms with Crippen LogP contribution in [-0.4, -0.2) is 32.9 Å². The molecule has 2 aromatic heterocycles. The molecule has 1 atom stereocenters. The van der Waals surface area contributed by atoms with Crippen LogP contribution in [0.5, 0.6) is 0 Å². The van der Waals surface area contributed by atoms with Crippen LogP contribution in [0.25, 0.3) is 10.9 Å². The van der Waals surface area contributed by atoms with Crippen molar-refractivity contribution in [2.75, 3.05) is 18.8 Å². The van der Waals surface area contributed by atoms with Crippen molar-refractivity contribution in [3.8, 4) is 0 Å². The van der Waals surface area contributed by atoms with E-state index >= 15 is 0 Å². The molecule has 0 aliphatic carbocycles. The van der Waals surface area contributed by atoms with Gasteiger partial charge in [-0.25, -0.2) is 4.98 Å². The number of nitrogens with one attached hydrogen (secondary N) is 1. The Morgan fingerprint density at radius 2 is 2.08 bits per heavy atom. The standard InChI is InChI=1S/C19H23N5/c20-19-18(21-7-8-22-19)10-14-4-3-9-24(12-14)13-15-11-23-17-6-2-1-5-16(15)17/h1-2,5-8,11,14,23H,3-4,9-10,12-13H2,(H2,20,22). The number of nitrogens with two attached hydrogens (primary N) is 1. The fourth-order valence-corrected chi connectivity index (χ4v) is 3.77. The number of benzene rings is 1. The molecule has 4 rings (SSSR count). The predicted octanol–water partition coefficient (Wildman–Crippen LogP) is 2.99. The molecule has 0 saturated carbocycles. The molecule has 124 valence electrons. The van der Waals surface area contributed by atoms with Gasteiger partial charge in [0.2, 0.25) is 0 Å². The first-order valence-electron chi connectivity index (χ1n) is 8.62. The highest BCUT2D eigenvalue weighted by Crippen LogP contribution is 2.25. The highest BCUT2D eigenvalue weighted by atomic mass is 15.1. The molecule has 5 nitrogen and oxygen atoms in total. The van der Waals surface area contributed by atoms with E-state index in [0.29, 0.717) is 11.7 Å². The summed E-state index contributed by atoms with van der Waals surface area (Å²) in [6, 6.07) is 8.51. The maximum atomic E-state index is 5.95. The third-order valence-electron chi connectivity index (χ3n) is 4.96. The lowest BCUT2D eigenvalue weighted by Crippen LogP contribution is -2.35. The highest BCUT2D eigenvalue weighted by molar-refractivity contribution is 5.82. The maximum absolute atomic E-state index is 5.95. The van der Waals surface area contributed by atoms with E-state index < -0.39 is 0 Å². The topological polar surface area (TPSA) is 70.8 Å². The Morgan fingerprint density at radius 1 is 1.21 bits per heavy atom. The van der Waals surface area contributed by atoms with E-state index in [1.54, 1.807) is 12.4 Å². The van der Waals surface area contributed by atoms with Crippen molar-refractivity contribution >= 4 is 16.7 Å². The molecular formula is C19H23N5. The van der Waals surface area contributed by atoms with Gasteiger partial charge < -0.3 is 10.7 Å². The Bertz CT molecular complexity index is 825. The van der Waals surface area contributed by atoms with Crippen molar-refractivity contribution < 1.29 is 0 Å². The molecule has 24 heavy (non-hydrogen) atoms. The molecule has 0 spiro atoms. The number of aromatic nitrogens is 3. The molecule has 1 aliphatic rings. The summed E-state index contributed by atoms with van der Waals surface area (Å²) in [5.74, 6) is 1.18. The Kier molecular flexibility index (Phi) is 4.17. The highest BCUT2D eigenvalue weighted by Gasteiger charge is 2.22. The van der Waals surface area contributed by atoms with Crippen molar-refractivity contribution in [3.63, 3.8) is 0 Å². The van der Waals surface area contributed by atoms with Gasteiger partial charge in [0.05, 0.1) is 5.69 Å². The number of para-hydroxylation sites is 1. The van der Waals surface area contributed by atoms with Gasteiger partial charge in [0.1, 0.15) is 5.82 Å². The summed E-state index contributed by atoms with van der Waals surface area (Å²) in [5, 5.41) is 1.33. The molecule has 3 N–H and O–H groups in total. The Labute approximate surface area is 141 Å². The molecule has 0 bridgehead atoms. The van der Waals surface area contributed by atoms with Crippen molar-refractivity contribution in [1.29, 1.82) is 0 Å². The van der Waals surface area contributed by atoms with E-state index in [4.69, 9.17) is 5.73 Å². The number of likely N-dealkylation sites (tertiary alicyclic amines) is 1. The average Bonchev–Trinajstić information content (AvgIpc) is 3.01. The molecule has 1 fully saturated rings. The smallest absolute Gasteiger partial charge is 0.145 e. The van der Waals surface area contributed by atoms with E-state index in [2.05, 4.69) is 50.3 Å². The molecule has 1 aliphatic heterocycles. The Morgan fingerprint density at radius 3 is 3.00 bits per heavy atom. The lowest BCUT2D eigenvalue weighted by molar-refractivity contribution is 0.167. The van der Waals surface area contributed by atoms with Gasteiger partial charge in [-0.1, -0.05) is 18.2 Å². The second-order valence-corrected chi connectivity index (χ2v) is 6.70. The number of fused-ring (bicyclic) bond motifs is 1. The average molecular weight is 321 g/mol. The summed E-state index contributed by atoms with van der Waals surface area (Å²) < 4.78 is 0. The molecule has 0 radical (unpaired) electrons.